The Morgan fingerprint density at radius 1 is 1.12 bits per heavy atom. The Labute approximate surface area is 148 Å². The van der Waals surface area contributed by atoms with Crippen molar-refractivity contribution in [3.05, 3.63) is 35.4 Å². The van der Waals surface area contributed by atoms with Crippen molar-refractivity contribution in [2.75, 3.05) is 0 Å². The standard InChI is InChI=1S/C20H25NO4/c1-2-8-15(13-14-9-4-3-5-10-14)20(24)25-21-18(22)16-11-6-7-12-17(16)19(21)23/h6-7,11-12,14-15H,2-5,8-10,13H2,1H3. The molecule has 1 aromatic carbocycles. The fraction of sp³-hybridized carbons (Fsp3) is 0.550. The quantitative estimate of drug-likeness (QED) is 0.729. The number of hydroxylamine groups is 2. The highest BCUT2D eigenvalue weighted by Gasteiger charge is 2.39. The van der Waals surface area contributed by atoms with E-state index in [0.717, 1.165) is 32.1 Å². The highest BCUT2D eigenvalue weighted by Crippen LogP contribution is 2.32. The number of carbonyl (C=O) groups excluding carboxylic acids is 3. The lowest BCUT2D eigenvalue weighted by molar-refractivity contribution is -0.174. The molecule has 1 saturated carbocycles. The predicted molar refractivity (Wildman–Crippen MR) is 92.6 cm³/mol. The fourth-order valence-electron chi connectivity index (χ4n) is 3.92. The molecule has 5 heteroatoms. The molecule has 2 aliphatic rings. The first kappa shape index (κ1) is 17.6. The van der Waals surface area contributed by atoms with E-state index in [4.69, 9.17) is 4.84 Å². The van der Waals surface area contributed by atoms with Crippen LogP contribution < -0.4 is 0 Å². The maximum Gasteiger partial charge on any atom is 0.336 e. The number of hydrogen-bond acceptors (Lipinski definition) is 4. The minimum Gasteiger partial charge on any atom is -0.329 e. The van der Waals surface area contributed by atoms with Gasteiger partial charge in [-0.2, -0.15) is 0 Å². The van der Waals surface area contributed by atoms with Gasteiger partial charge in [0.25, 0.3) is 11.8 Å². The van der Waals surface area contributed by atoms with E-state index in [0.29, 0.717) is 22.1 Å². The molecule has 1 aliphatic carbocycles. The van der Waals surface area contributed by atoms with Crippen LogP contribution in [-0.2, 0) is 9.63 Å². The molecule has 0 spiro atoms. The Kier molecular flexibility index (Phi) is 5.51. The molecule has 3 rings (SSSR count). The summed E-state index contributed by atoms with van der Waals surface area (Å²) in [6.07, 6.45) is 8.40. The number of nitrogens with zero attached hydrogens (tertiary/aromatic N) is 1. The summed E-state index contributed by atoms with van der Waals surface area (Å²) in [6.45, 7) is 2.03. The summed E-state index contributed by atoms with van der Waals surface area (Å²) in [5, 5.41) is 0.635. The molecule has 25 heavy (non-hydrogen) atoms. The van der Waals surface area contributed by atoms with E-state index in [-0.39, 0.29) is 5.92 Å². The summed E-state index contributed by atoms with van der Waals surface area (Å²) < 4.78 is 0. The topological polar surface area (TPSA) is 63.7 Å². The second kappa shape index (κ2) is 7.81. The van der Waals surface area contributed by atoms with Crippen molar-refractivity contribution in [1.29, 1.82) is 0 Å². The Bertz CT molecular complexity index is 628. The van der Waals surface area contributed by atoms with Gasteiger partial charge in [0.05, 0.1) is 17.0 Å². The Balaban J connectivity index is 1.67. The first-order valence-electron chi connectivity index (χ1n) is 9.31. The molecule has 0 aromatic heterocycles. The van der Waals surface area contributed by atoms with Gasteiger partial charge in [-0.3, -0.25) is 9.59 Å². The van der Waals surface area contributed by atoms with Gasteiger partial charge < -0.3 is 4.84 Å². The van der Waals surface area contributed by atoms with Crippen molar-refractivity contribution >= 4 is 17.8 Å². The van der Waals surface area contributed by atoms with E-state index >= 15 is 0 Å². The van der Waals surface area contributed by atoms with Crippen LogP contribution in [0, 0.1) is 11.8 Å². The van der Waals surface area contributed by atoms with Crippen LogP contribution in [-0.4, -0.2) is 22.8 Å². The second-order valence-corrected chi connectivity index (χ2v) is 7.09. The number of hydrogen-bond donors (Lipinski definition) is 0. The first-order chi connectivity index (χ1) is 12.1. The van der Waals surface area contributed by atoms with Gasteiger partial charge in [-0.05, 0) is 30.9 Å². The summed E-state index contributed by atoms with van der Waals surface area (Å²) in [5.74, 6) is -1.27. The summed E-state index contributed by atoms with van der Waals surface area (Å²) >= 11 is 0. The minimum absolute atomic E-state index is 0.252. The molecule has 1 unspecified atom stereocenters. The number of benzene rings is 1. The van der Waals surface area contributed by atoms with Crippen LogP contribution in [0.2, 0.25) is 0 Å². The third kappa shape index (κ3) is 3.75. The fourth-order valence-corrected chi connectivity index (χ4v) is 3.92. The molecule has 134 valence electrons. The van der Waals surface area contributed by atoms with E-state index in [1.807, 2.05) is 6.92 Å². The lowest BCUT2D eigenvalue weighted by Gasteiger charge is -2.26. The van der Waals surface area contributed by atoms with Crippen LogP contribution in [0.5, 0.6) is 0 Å². The Morgan fingerprint density at radius 3 is 2.28 bits per heavy atom. The maximum absolute atomic E-state index is 12.6. The Morgan fingerprint density at radius 2 is 1.72 bits per heavy atom. The largest absolute Gasteiger partial charge is 0.336 e. The highest BCUT2D eigenvalue weighted by molar-refractivity contribution is 6.20. The third-order valence-electron chi connectivity index (χ3n) is 5.25. The van der Waals surface area contributed by atoms with Gasteiger partial charge in [-0.25, -0.2) is 4.79 Å². The monoisotopic (exact) mass is 343 g/mol. The van der Waals surface area contributed by atoms with Gasteiger partial charge in [-0.15, -0.1) is 0 Å². The number of carbonyl (C=O) groups is 3. The van der Waals surface area contributed by atoms with Crippen LogP contribution in [0.25, 0.3) is 0 Å². The van der Waals surface area contributed by atoms with Gasteiger partial charge >= 0.3 is 5.97 Å². The molecule has 0 radical (unpaired) electrons. The molecule has 0 bridgehead atoms. The molecule has 0 saturated heterocycles. The van der Waals surface area contributed by atoms with E-state index in [9.17, 15) is 14.4 Å². The number of amides is 2. The van der Waals surface area contributed by atoms with Crippen LogP contribution in [0.4, 0.5) is 0 Å². The van der Waals surface area contributed by atoms with Crippen molar-refractivity contribution in [2.45, 2.75) is 58.3 Å². The van der Waals surface area contributed by atoms with Crippen LogP contribution >= 0.6 is 0 Å². The molecular weight excluding hydrogens is 318 g/mol. The summed E-state index contributed by atoms with van der Waals surface area (Å²) in [6, 6.07) is 6.54. The van der Waals surface area contributed by atoms with E-state index in [1.54, 1.807) is 24.3 Å². The normalized spacial score (nSPS) is 19.0. The van der Waals surface area contributed by atoms with Crippen molar-refractivity contribution in [3.8, 4) is 0 Å². The Hall–Kier alpha value is -2.17. The molecular formula is C20H25NO4. The summed E-state index contributed by atoms with van der Waals surface area (Å²) in [4.78, 5) is 42.6. The smallest absolute Gasteiger partial charge is 0.329 e. The first-order valence-corrected chi connectivity index (χ1v) is 9.31. The summed E-state index contributed by atoms with van der Waals surface area (Å²) in [7, 11) is 0. The maximum atomic E-state index is 12.6. The molecule has 1 aromatic rings. The lowest BCUT2D eigenvalue weighted by Crippen LogP contribution is -2.35. The van der Waals surface area contributed by atoms with Crippen LogP contribution in [0.1, 0.15) is 79.0 Å². The molecule has 5 nitrogen and oxygen atoms in total. The third-order valence-corrected chi connectivity index (χ3v) is 5.25. The van der Waals surface area contributed by atoms with Crippen LogP contribution in [0.15, 0.2) is 24.3 Å². The van der Waals surface area contributed by atoms with Crippen molar-refractivity contribution in [1.82, 2.24) is 5.06 Å². The molecule has 0 N–H and O–H groups in total. The van der Waals surface area contributed by atoms with Gasteiger partial charge in [0.1, 0.15) is 0 Å². The van der Waals surface area contributed by atoms with Crippen molar-refractivity contribution in [2.24, 2.45) is 11.8 Å². The number of imide groups is 1. The second-order valence-electron chi connectivity index (χ2n) is 7.09. The lowest BCUT2D eigenvalue weighted by atomic mass is 9.81. The van der Waals surface area contributed by atoms with Crippen molar-refractivity contribution in [3.63, 3.8) is 0 Å². The SMILES string of the molecule is CCCC(CC1CCCCC1)C(=O)ON1C(=O)c2ccccc2C1=O. The van der Waals surface area contributed by atoms with E-state index < -0.39 is 17.8 Å². The molecule has 1 atom stereocenters. The van der Waals surface area contributed by atoms with E-state index in [2.05, 4.69) is 0 Å². The van der Waals surface area contributed by atoms with Gasteiger partial charge in [0, 0.05) is 0 Å². The van der Waals surface area contributed by atoms with Crippen LogP contribution in [0.3, 0.4) is 0 Å². The van der Waals surface area contributed by atoms with E-state index in [1.165, 1.54) is 19.3 Å². The number of rotatable bonds is 6. The van der Waals surface area contributed by atoms with Gasteiger partial charge in [-0.1, -0.05) is 62.6 Å². The van der Waals surface area contributed by atoms with Gasteiger partial charge in [0.2, 0.25) is 0 Å². The highest BCUT2D eigenvalue weighted by atomic mass is 16.7. The molecule has 1 fully saturated rings. The average Bonchev–Trinajstić information content (AvgIpc) is 2.87. The zero-order valence-corrected chi connectivity index (χ0v) is 14.7. The molecule has 2 amide bonds. The van der Waals surface area contributed by atoms with Crippen molar-refractivity contribution < 1.29 is 19.2 Å². The zero-order valence-electron chi connectivity index (χ0n) is 14.7. The zero-order chi connectivity index (χ0) is 17.8. The van der Waals surface area contributed by atoms with Gasteiger partial charge in [0.15, 0.2) is 0 Å². The molecule has 1 heterocycles. The number of fused-ring (bicyclic) bond motifs is 1. The molecule has 1 aliphatic heterocycles. The minimum atomic E-state index is -0.554. The average molecular weight is 343 g/mol. The summed E-state index contributed by atoms with van der Waals surface area (Å²) in [5.41, 5.74) is 0.583. The predicted octanol–water partition coefficient (Wildman–Crippen LogP) is 4.13.